The maximum absolute atomic E-state index is 11.9. The zero-order valence-corrected chi connectivity index (χ0v) is 18.2. The fourth-order valence-electron chi connectivity index (χ4n) is 2.93. The van der Waals surface area contributed by atoms with Crippen LogP contribution in [0.25, 0.3) is 0 Å². The van der Waals surface area contributed by atoms with Crippen LogP contribution in [-0.4, -0.2) is 27.8 Å². The average Bonchev–Trinajstić information content (AvgIpc) is 2.47. The molecule has 0 fully saturated rings. The molecule has 0 unspecified atom stereocenters. The van der Waals surface area contributed by atoms with Gasteiger partial charge in [-0.1, -0.05) is 90.8 Å². The maximum Gasteiger partial charge on any atom is 0.452 e. The van der Waals surface area contributed by atoms with E-state index in [4.69, 9.17) is 9.16 Å². The third-order valence-corrected chi connectivity index (χ3v) is 7.31. The van der Waals surface area contributed by atoms with Crippen LogP contribution < -0.4 is 0 Å². The lowest BCUT2D eigenvalue weighted by Crippen LogP contribution is -2.39. The van der Waals surface area contributed by atoms with Gasteiger partial charge in [0.25, 0.3) is 9.04 Å². The van der Waals surface area contributed by atoms with Crippen molar-refractivity contribution in [2.45, 2.75) is 97.1 Å². The van der Waals surface area contributed by atoms with Gasteiger partial charge in [0, 0.05) is 0 Å². The smallest absolute Gasteiger partial charge is 0.452 e. The third kappa shape index (κ3) is 11.9. The van der Waals surface area contributed by atoms with Gasteiger partial charge in [-0.05, 0) is 16.5 Å². The lowest BCUT2D eigenvalue weighted by Gasteiger charge is -2.36. The van der Waals surface area contributed by atoms with Crippen molar-refractivity contribution < 1.29 is 18.8 Å². The van der Waals surface area contributed by atoms with Gasteiger partial charge in [-0.15, -0.1) is 0 Å². The summed E-state index contributed by atoms with van der Waals surface area (Å²) < 4.78 is 10.5. The summed E-state index contributed by atoms with van der Waals surface area (Å²) in [7, 11) is -1.93. The molecule has 7 heteroatoms. The monoisotopic (exact) mass is 372 g/mol. The minimum absolute atomic E-state index is 0.109. The van der Waals surface area contributed by atoms with E-state index in [1.54, 1.807) is 0 Å². The summed E-state index contributed by atoms with van der Waals surface area (Å²) in [5.74, 6) is 0. The molecule has 0 aliphatic rings. The van der Waals surface area contributed by atoms with E-state index in [9.17, 15) is 9.59 Å². The molecule has 0 aromatic heterocycles. The van der Waals surface area contributed by atoms with E-state index in [0.29, 0.717) is 6.61 Å². The first-order valence-corrected chi connectivity index (χ1v) is 10.9. The summed E-state index contributed by atoms with van der Waals surface area (Å²) in [5, 5.41) is 6.44. The molecule has 0 atom stereocenters. The summed E-state index contributed by atoms with van der Waals surface area (Å²) in [6, 6.07) is 0. The number of ether oxygens (including phenoxy) is 1. The molecule has 0 aliphatic carbocycles. The largest absolute Gasteiger partial charge is 0.503 e. The van der Waals surface area contributed by atoms with E-state index < -0.39 is 21.2 Å². The van der Waals surface area contributed by atoms with Gasteiger partial charge in [-0.25, -0.2) is 9.59 Å². The van der Waals surface area contributed by atoms with E-state index in [1.807, 2.05) is 41.5 Å². The quantitative estimate of drug-likeness (QED) is 0.281. The average molecular weight is 373 g/mol. The van der Waals surface area contributed by atoms with Gasteiger partial charge in [0.05, 0.1) is 6.61 Å². The second-order valence-corrected chi connectivity index (χ2v) is 13.0. The number of nitrogens with zero attached hydrogens (tertiary/aromatic N) is 2. The zero-order valence-electron chi connectivity index (χ0n) is 17.1. The fourth-order valence-corrected chi connectivity index (χ4v) is 6.48. The Morgan fingerprint density at radius 1 is 0.800 bits per heavy atom. The first-order chi connectivity index (χ1) is 11.5. The van der Waals surface area contributed by atoms with Crippen molar-refractivity contribution in [3.63, 3.8) is 0 Å². The number of hydrogen-bond acceptors (Lipinski definition) is 4. The van der Waals surface area contributed by atoms with Gasteiger partial charge in [-0.3, -0.25) is 0 Å². The number of azo groups is 1. The van der Waals surface area contributed by atoms with Gasteiger partial charge in [0.15, 0.2) is 0 Å². The van der Waals surface area contributed by atoms with Crippen LogP contribution in [0.5, 0.6) is 0 Å². The van der Waals surface area contributed by atoms with Gasteiger partial charge in [0.2, 0.25) is 0 Å². The lowest BCUT2D eigenvalue weighted by molar-refractivity contribution is 0.151. The molecule has 25 heavy (non-hydrogen) atoms. The predicted octanol–water partition coefficient (Wildman–Crippen LogP) is 6.40. The Morgan fingerprint density at radius 2 is 1.28 bits per heavy atom. The number of rotatable bonds is 8. The number of hydrogen-bond donors (Lipinski definition) is 0. The fraction of sp³-hybridized carbons (Fsp3) is 0.889. The number of carbonyl (C=O) groups is 2. The maximum atomic E-state index is 11.9. The van der Waals surface area contributed by atoms with E-state index >= 15 is 0 Å². The van der Waals surface area contributed by atoms with Crippen molar-refractivity contribution in [2.75, 3.05) is 6.61 Å². The minimum atomic E-state index is -1.93. The Morgan fingerprint density at radius 3 is 1.80 bits per heavy atom. The molecule has 0 saturated carbocycles. The Labute approximate surface area is 154 Å². The molecule has 0 N–H and O–H groups in total. The predicted molar refractivity (Wildman–Crippen MR) is 103 cm³/mol. The van der Waals surface area contributed by atoms with Crippen molar-refractivity contribution in [1.29, 1.82) is 0 Å². The van der Waals surface area contributed by atoms with Crippen LogP contribution in [0.3, 0.4) is 0 Å². The van der Waals surface area contributed by atoms with E-state index in [-0.39, 0.29) is 10.1 Å². The van der Waals surface area contributed by atoms with E-state index in [0.717, 1.165) is 19.3 Å². The number of amides is 2. The van der Waals surface area contributed by atoms with Crippen LogP contribution in [0, 0.1) is 0 Å². The molecule has 0 aliphatic heterocycles. The highest BCUT2D eigenvalue weighted by Gasteiger charge is 2.41. The highest BCUT2D eigenvalue weighted by Crippen LogP contribution is 2.42. The molecule has 0 aromatic rings. The van der Waals surface area contributed by atoms with Gasteiger partial charge in [-0.2, -0.15) is 0 Å². The summed E-state index contributed by atoms with van der Waals surface area (Å²) in [6.45, 7) is 14.8. The van der Waals surface area contributed by atoms with Crippen LogP contribution in [0.15, 0.2) is 10.2 Å². The minimum Gasteiger partial charge on any atom is -0.503 e. The van der Waals surface area contributed by atoms with E-state index in [2.05, 4.69) is 17.2 Å². The molecule has 0 heterocycles. The Hall–Kier alpha value is -1.24. The Bertz CT molecular complexity index is 425. The molecule has 0 saturated heterocycles. The second-order valence-electron chi connectivity index (χ2n) is 8.58. The first kappa shape index (κ1) is 23.8. The molecule has 0 aromatic carbocycles. The Balaban J connectivity index is 4.21. The molecular weight excluding hydrogens is 336 g/mol. The van der Waals surface area contributed by atoms with Crippen LogP contribution in [0.4, 0.5) is 9.59 Å². The van der Waals surface area contributed by atoms with Gasteiger partial charge < -0.3 is 9.16 Å². The van der Waals surface area contributed by atoms with Crippen molar-refractivity contribution in [3.05, 3.63) is 0 Å². The molecule has 0 bridgehead atoms. The molecule has 2 amide bonds. The first-order valence-electron chi connectivity index (χ1n) is 9.27. The van der Waals surface area contributed by atoms with Crippen LogP contribution in [0.2, 0.25) is 10.1 Å². The summed E-state index contributed by atoms with van der Waals surface area (Å²) >= 11 is 0. The zero-order chi connectivity index (χ0) is 19.5. The van der Waals surface area contributed by atoms with Crippen LogP contribution >= 0.6 is 0 Å². The molecule has 6 nitrogen and oxygen atoms in total. The SMILES string of the molecule is CCCCCCCCOC(=O)N=NC(=O)O[SiH](C(C)(C)C)C(C)(C)C. The molecule has 0 rings (SSSR count). The van der Waals surface area contributed by atoms with Crippen molar-refractivity contribution in [2.24, 2.45) is 10.2 Å². The standard InChI is InChI=1S/C18H36N2O4Si/c1-8-9-10-11-12-13-14-23-15(21)19-20-16(22)24-25(17(2,3)4)18(5,6)7/h25H,8-14H2,1-7H3. The highest BCUT2D eigenvalue weighted by molar-refractivity contribution is 6.60. The third-order valence-electron chi connectivity index (χ3n) is 3.73. The summed E-state index contributed by atoms with van der Waals surface area (Å²) in [5.41, 5.74) is 0. The Kier molecular flexibility index (Phi) is 10.8. The summed E-state index contributed by atoms with van der Waals surface area (Å²) in [6.07, 6.45) is 4.99. The van der Waals surface area contributed by atoms with Crippen LogP contribution in [0.1, 0.15) is 87.0 Å². The molecule has 146 valence electrons. The highest BCUT2D eigenvalue weighted by atomic mass is 28.3. The lowest BCUT2D eigenvalue weighted by atomic mass is 10.1. The van der Waals surface area contributed by atoms with Crippen molar-refractivity contribution in [3.8, 4) is 0 Å². The van der Waals surface area contributed by atoms with Gasteiger partial charge in [0.1, 0.15) is 0 Å². The van der Waals surface area contributed by atoms with Gasteiger partial charge >= 0.3 is 12.2 Å². The molecule has 0 spiro atoms. The normalized spacial score (nSPS) is 12.6. The topological polar surface area (TPSA) is 77.3 Å². The number of unbranched alkanes of at least 4 members (excludes halogenated alkanes) is 5. The summed E-state index contributed by atoms with van der Waals surface area (Å²) in [4.78, 5) is 23.4. The molecular formula is C18H36N2O4Si. The van der Waals surface area contributed by atoms with Crippen molar-refractivity contribution in [1.82, 2.24) is 0 Å². The van der Waals surface area contributed by atoms with Crippen molar-refractivity contribution >= 4 is 21.2 Å². The molecule has 0 radical (unpaired) electrons. The van der Waals surface area contributed by atoms with E-state index in [1.165, 1.54) is 19.3 Å². The van der Waals surface area contributed by atoms with Crippen LogP contribution in [-0.2, 0) is 9.16 Å². The second kappa shape index (κ2) is 11.4. The number of carbonyl (C=O) groups excluding carboxylic acids is 2.